The molecule has 4 heteroatoms. The summed E-state index contributed by atoms with van der Waals surface area (Å²) in [6, 6.07) is 9.84. The predicted octanol–water partition coefficient (Wildman–Crippen LogP) is 2.00. The topological polar surface area (TPSA) is 47.6 Å². The van der Waals surface area contributed by atoms with Gasteiger partial charge in [0.1, 0.15) is 18.5 Å². The number of hydrogen-bond acceptors (Lipinski definition) is 4. The zero-order valence-corrected chi connectivity index (χ0v) is 11.2. The summed E-state index contributed by atoms with van der Waals surface area (Å²) in [5, 5.41) is 3.23. The Morgan fingerprint density at radius 2 is 1.94 bits per heavy atom. The van der Waals surface area contributed by atoms with E-state index in [0.717, 1.165) is 5.75 Å². The monoisotopic (exact) mass is 251 g/mol. The van der Waals surface area contributed by atoms with Crippen LogP contribution in [-0.2, 0) is 9.53 Å². The summed E-state index contributed by atoms with van der Waals surface area (Å²) in [6.45, 7) is 6.43. The van der Waals surface area contributed by atoms with E-state index < -0.39 is 0 Å². The summed E-state index contributed by atoms with van der Waals surface area (Å²) >= 11 is 0. The van der Waals surface area contributed by atoms with Crippen LogP contribution < -0.4 is 10.1 Å². The molecule has 18 heavy (non-hydrogen) atoms. The van der Waals surface area contributed by atoms with Gasteiger partial charge in [-0.25, -0.2) is 0 Å². The number of hydrogen-bond donors (Lipinski definition) is 1. The van der Waals surface area contributed by atoms with Crippen molar-refractivity contribution in [3.05, 3.63) is 30.3 Å². The van der Waals surface area contributed by atoms with Crippen molar-refractivity contribution in [1.29, 1.82) is 0 Å². The molecule has 0 saturated heterocycles. The molecule has 0 radical (unpaired) electrons. The van der Waals surface area contributed by atoms with Crippen LogP contribution in [0.3, 0.4) is 0 Å². The average Bonchev–Trinajstić information content (AvgIpc) is 2.33. The van der Waals surface area contributed by atoms with Gasteiger partial charge in [0.2, 0.25) is 0 Å². The molecule has 1 N–H and O–H groups in total. The van der Waals surface area contributed by atoms with Crippen LogP contribution in [0.25, 0.3) is 0 Å². The van der Waals surface area contributed by atoms with Crippen LogP contribution in [-0.4, -0.2) is 31.3 Å². The van der Waals surface area contributed by atoms with E-state index in [9.17, 15) is 4.79 Å². The van der Waals surface area contributed by atoms with Gasteiger partial charge >= 0.3 is 5.97 Å². The van der Waals surface area contributed by atoms with Crippen molar-refractivity contribution in [2.45, 2.75) is 32.9 Å². The summed E-state index contributed by atoms with van der Waals surface area (Å²) < 4.78 is 10.8. The first kappa shape index (κ1) is 14.5. The zero-order chi connectivity index (χ0) is 13.4. The molecule has 0 spiro atoms. The summed E-state index contributed by atoms with van der Waals surface area (Å²) in [7, 11) is 0. The summed E-state index contributed by atoms with van der Waals surface area (Å²) in [6.07, 6.45) is -0.273. The molecule has 1 aromatic carbocycles. The molecule has 0 fully saturated rings. The lowest BCUT2D eigenvalue weighted by molar-refractivity contribution is -0.147. The molecule has 0 aromatic heterocycles. The molecule has 100 valence electrons. The fourth-order valence-corrected chi connectivity index (χ4v) is 1.44. The number of carbonyl (C=O) groups is 1. The van der Waals surface area contributed by atoms with E-state index in [2.05, 4.69) is 5.32 Å². The number of para-hydroxylation sites is 1. The molecule has 1 atom stereocenters. The van der Waals surface area contributed by atoms with E-state index >= 15 is 0 Å². The second-order valence-electron chi connectivity index (χ2n) is 4.42. The number of benzene rings is 1. The lowest BCUT2D eigenvalue weighted by Gasteiger charge is -2.19. The van der Waals surface area contributed by atoms with Crippen LogP contribution in [0.5, 0.6) is 5.75 Å². The van der Waals surface area contributed by atoms with Crippen molar-refractivity contribution in [2.24, 2.45) is 0 Å². The van der Waals surface area contributed by atoms with Gasteiger partial charge in [-0.2, -0.15) is 0 Å². The molecule has 0 saturated carbocycles. The van der Waals surface area contributed by atoms with Crippen LogP contribution in [0, 0.1) is 0 Å². The second kappa shape index (κ2) is 7.71. The Kier molecular flexibility index (Phi) is 6.22. The van der Waals surface area contributed by atoms with Crippen molar-refractivity contribution in [3.63, 3.8) is 0 Å². The molecular formula is C14H21NO3. The maximum absolute atomic E-state index is 11.0. The highest BCUT2D eigenvalue weighted by Crippen LogP contribution is 2.09. The molecule has 1 rings (SSSR count). The maximum atomic E-state index is 11.0. The Morgan fingerprint density at radius 1 is 1.28 bits per heavy atom. The summed E-state index contributed by atoms with van der Waals surface area (Å²) in [5.74, 6) is 0.487. The Morgan fingerprint density at radius 3 is 2.50 bits per heavy atom. The minimum Gasteiger partial charge on any atom is -0.490 e. The van der Waals surface area contributed by atoms with E-state index in [1.54, 1.807) is 0 Å². The van der Waals surface area contributed by atoms with Gasteiger partial charge in [0.15, 0.2) is 0 Å². The minimum atomic E-state index is -0.290. The maximum Gasteiger partial charge on any atom is 0.303 e. The predicted molar refractivity (Wildman–Crippen MR) is 70.6 cm³/mol. The number of esters is 1. The van der Waals surface area contributed by atoms with Crippen LogP contribution in [0.1, 0.15) is 20.8 Å². The van der Waals surface area contributed by atoms with Crippen molar-refractivity contribution in [3.8, 4) is 5.75 Å². The standard InChI is InChI=1S/C14H21NO3/c1-11(2)15-9-14(18-12(3)16)10-17-13-7-5-4-6-8-13/h4-8,11,14-15H,9-10H2,1-3H3. The van der Waals surface area contributed by atoms with Gasteiger partial charge in [0, 0.05) is 19.5 Å². The van der Waals surface area contributed by atoms with Crippen molar-refractivity contribution >= 4 is 5.97 Å². The molecule has 1 unspecified atom stereocenters. The first-order chi connectivity index (χ1) is 8.58. The van der Waals surface area contributed by atoms with Crippen LogP contribution >= 0.6 is 0 Å². The number of carbonyl (C=O) groups excluding carboxylic acids is 1. The summed E-state index contributed by atoms with van der Waals surface area (Å²) in [5.41, 5.74) is 0. The summed E-state index contributed by atoms with van der Waals surface area (Å²) in [4.78, 5) is 11.0. The molecule has 0 aliphatic rings. The fourth-order valence-electron chi connectivity index (χ4n) is 1.44. The second-order valence-corrected chi connectivity index (χ2v) is 4.42. The van der Waals surface area contributed by atoms with E-state index in [0.29, 0.717) is 19.2 Å². The lowest BCUT2D eigenvalue weighted by Crippen LogP contribution is -2.38. The van der Waals surface area contributed by atoms with Crippen molar-refractivity contribution in [1.82, 2.24) is 5.32 Å². The van der Waals surface area contributed by atoms with E-state index in [4.69, 9.17) is 9.47 Å². The SMILES string of the molecule is CC(=O)OC(CNC(C)C)COc1ccccc1. The van der Waals surface area contributed by atoms with Crippen molar-refractivity contribution < 1.29 is 14.3 Å². The largest absolute Gasteiger partial charge is 0.490 e. The first-order valence-electron chi connectivity index (χ1n) is 6.16. The van der Waals surface area contributed by atoms with Crippen LogP contribution in [0.15, 0.2) is 30.3 Å². The molecule has 1 aromatic rings. The number of nitrogens with one attached hydrogen (secondary N) is 1. The highest BCUT2D eigenvalue weighted by molar-refractivity contribution is 5.66. The molecule has 0 amide bonds. The first-order valence-corrected chi connectivity index (χ1v) is 6.16. The fraction of sp³-hybridized carbons (Fsp3) is 0.500. The van der Waals surface area contributed by atoms with Gasteiger partial charge in [-0.15, -0.1) is 0 Å². The molecular weight excluding hydrogens is 230 g/mol. The molecule has 0 heterocycles. The molecule has 0 aliphatic carbocycles. The molecule has 4 nitrogen and oxygen atoms in total. The Hall–Kier alpha value is -1.55. The Labute approximate surface area is 108 Å². The Bertz CT molecular complexity index is 351. The van der Waals surface area contributed by atoms with Gasteiger partial charge < -0.3 is 14.8 Å². The minimum absolute atomic E-state index is 0.273. The van der Waals surface area contributed by atoms with Gasteiger partial charge in [0.05, 0.1) is 0 Å². The highest BCUT2D eigenvalue weighted by atomic mass is 16.6. The quantitative estimate of drug-likeness (QED) is 0.753. The highest BCUT2D eigenvalue weighted by Gasteiger charge is 2.13. The van der Waals surface area contributed by atoms with Gasteiger partial charge in [0.25, 0.3) is 0 Å². The van der Waals surface area contributed by atoms with Gasteiger partial charge in [-0.05, 0) is 12.1 Å². The third-order valence-electron chi connectivity index (χ3n) is 2.27. The number of ether oxygens (including phenoxy) is 2. The third-order valence-corrected chi connectivity index (χ3v) is 2.27. The van der Waals surface area contributed by atoms with Gasteiger partial charge in [-0.3, -0.25) is 4.79 Å². The van der Waals surface area contributed by atoms with Gasteiger partial charge in [-0.1, -0.05) is 32.0 Å². The van der Waals surface area contributed by atoms with E-state index in [1.807, 2.05) is 44.2 Å². The van der Waals surface area contributed by atoms with Crippen molar-refractivity contribution in [2.75, 3.05) is 13.2 Å². The molecule has 0 bridgehead atoms. The molecule has 0 aliphatic heterocycles. The smallest absolute Gasteiger partial charge is 0.303 e. The zero-order valence-electron chi connectivity index (χ0n) is 11.2. The van der Waals surface area contributed by atoms with Crippen LogP contribution in [0.2, 0.25) is 0 Å². The van der Waals surface area contributed by atoms with Crippen LogP contribution in [0.4, 0.5) is 0 Å². The van der Waals surface area contributed by atoms with E-state index in [-0.39, 0.29) is 12.1 Å². The third kappa shape index (κ3) is 6.25. The van der Waals surface area contributed by atoms with E-state index in [1.165, 1.54) is 6.92 Å². The Balaban J connectivity index is 2.42. The normalized spacial score (nSPS) is 12.2. The lowest BCUT2D eigenvalue weighted by atomic mass is 10.3. The number of rotatable bonds is 7. The average molecular weight is 251 g/mol.